The lowest BCUT2D eigenvalue weighted by Gasteiger charge is -2.14. The average Bonchev–Trinajstić information content (AvgIpc) is 3.21. The Balaban J connectivity index is 1.95. The van der Waals surface area contributed by atoms with E-state index in [1.807, 2.05) is 39.0 Å². The second kappa shape index (κ2) is 11.1. The Bertz CT molecular complexity index is 1260. The molecule has 0 radical (unpaired) electrons. The Morgan fingerprint density at radius 2 is 2.00 bits per heavy atom. The number of nitrogens with zero attached hydrogens (tertiary/aromatic N) is 1. The van der Waals surface area contributed by atoms with Gasteiger partial charge in [-0.25, -0.2) is 4.39 Å². The number of rotatable bonds is 8. The molecule has 2 aromatic carbocycles. The van der Waals surface area contributed by atoms with Crippen LogP contribution in [0.2, 0.25) is 0 Å². The van der Waals surface area contributed by atoms with Gasteiger partial charge in [0.05, 0.1) is 5.56 Å². The topological polar surface area (TPSA) is 103 Å². The number of aliphatic hydroxyl groups is 2. The van der Waals surface area contributed by atoms with Crippen LogP contribution in [0.4, 0.5) is 9.39 Å². The highest BCUT2D eigenvalue weighted by Crippen LogP contribution is 2.39. The van der Waals surface area contributed by atoms with Crippen LogP contribution in [0, 0.1) is 30.0 Å². The van der Waals surface area contributed by atoms with E-state index in [0.717, 1.165) is 23.0 Å². The number of thiophene rings is 1. The van der Waals surface area contributed by atoms with Gasteiger partial charge in [-0.1, -0.05) is 38.1 Å². The lowest BCUT2D eigenvalue weighted by molar-refractivity contribution is -0.114. The molecule has 0 spiro atoms. The van der Waals surface area contributed by atoms with E-state index in [-0.39, 0.29) is 21.9 Å². The van der Waals surface area contributed by atoms with Gasteiger partial charge in [0.2, 0.25) is 0 Å². The molecule has 1 aromatic heterocycles. The summed E-state index contributed by atoms with van der Waals surface area (Å²) in [6, 6.07) is 13.0. The lowest BCUT2D eigenvalue weighted by Crippen LogP contribution is -2.19. The molecule has 0 aliphatic rings. The molecule has 0 atom stereocenters. The minimum Gasteiger partial charge on any atom is -0.452 e. The van der Waals surface area contributed by atoms with Crippen molar-refractivity contribution in [2.45, 2.75) is 33.5 Å². The number of carbonyl (C=O) groups is 1. The molecule has 176 valence electrons. The summed E-state index contributed by atoms with van der Waals surface area (Å²) >= 11 is 1.09. The van der Waals surface area contributed by atoms with E-state index in [9.17, 15) is 19.4 Å². The number of hydrogen-bond donors (Lipinski definition) is 3. The first kappa shape index (κ1) is 25.1. The van der Waals surface area contributed by atoms with Crippen LogP contribution in [0.15, 0.2) is 59.7 Å². The maximum absolute atomic E-state index is 13.8. The van der Waals surface area contributed by atoms with Crippen LogP contribution < -0.4 is 10.1 Å². The van der Waals surface area contributed by atoms with Crippen molar-refractivity contribution in [3.63, 3.8) is 0 Å². The van der Waals surface area contributed by atoms with Crippen molar-refractivity contribution < 1.29 is 24.1 Å². The van der Waals surface area contributed by atoms with Gasteiger partial charge in [-0.15, -0.1) is 11.3 Å². The number of para-hydroxylation sites is 1. The molecule has 0 unspecified atom stereocenters. The van der Waals surface area contributed by atoms with Crippen molar-refractivity contribution >= 4 is 22.2 Å². The van der Waals surface area contributed by atoms with E-state index in [2.05, 4.69) is 5.32 Å². The quantitative estimate of drug-likeness (QED) is 0.219. The Morgan fingerprint density at radius 3 is 2.65 bits per heavy atom. The molecule has 0 aliphatic carbocycles. The molecule has 0 saturated carbocycles. The number of halogens is 1. The van der Waals surface area contributed by atoms with E-state index in [1.165, 1.54) is 12.1 Å². The van der Waals surface area contributed by atoms with Crippen molar-refractivity contribution in [2.75, 3.05) is 5.32 Å². The van der Waals surface area contributed by atoms with E-state index in [0.29, 0.717) is 29.2 Å². The minimum atomic E-state index is -1.91. The Kier molecular flexibility index (Phi) is 8.18. The van der Waals surface area contributed by atoms with Crippen molar-refractivity contribution in [3.05, 3.63) is 82.2 Å². The monoisotopic (exact) mass is 480 g/mol. The second-order valence-electron chi connectivity index (χ2n) is 8.09. The Morgan fingerprint density at radius 1 is 1.26 bits per heavy atom. The molecule has 34 heavy (non-hydrogen) atoms. The fourth-order valence-corrected chi connectivity index (χ4v) is 4.19. The average molecular weight is 481 g/mol. The van der Waals surface area contributed by atoms with Crippen LogP contribution in [0.3, 0.4) is 0 Å². The van der Waals surface area contributed by atoms with Crippen LogP contribution in [-0.2, 0) is 4.79 Å². The molecular weight excluding hydrogens is 455 g/mol. The SMILES string of the molecule is Cc1ccccc1OC(=CCC(C)C)C(=O)Nc1scc(-c2ccc(F)c(C#N)c2)c1C(O)O. The van der Waals surface area contributed by atoms with E-state index >= 15 is 0 Å². The summed E-state index contributed by atoms with van der Waals surface area (Å²) in [7, 11) is 0. The number of nitriles is 1. The third kappa shape index (κ3) is 5.88. The first-order valence-corrected chi connectivity index (χ1v) is 11.5. The van der Waals surface area contributed by atoms with E-state index in [1.54, 1.807) is 23.6 Å². The van der Waals surface area contributed by atoms with Gasteiger partial charge < -0.3 is 20.3 Å². The molecule has 6 nitrogen and oxygen atoms in total. The van der Waals surface area contributed by atoms with E-state index < -0.39 is 18.0 Å². The fraction of sp³-hybridized carbons (Fsp3) is 0.231. The summed E-state index contributed by atoms with van der Waals surface area (Å²) in [5, 5.41) is 33.7. The van der Waals surface area contributed by atoms with Crippen LogP contribution in [-0.4, -0.2) is 16.1 Å². The molecular formula is C26H25FN2O4S. The van der Waals surface area contributed by atoms with Gasteiger partial charge in [0, 0.05) is 16.5 Å². The second-order valence-corrected chi connectivity index (χ2v) is 8.97. The number of amides is 1. The van der Waals surface area contributed by atoms with Crippen LogP contribution in [0.1, 0.15) is 43.2 Å². The molecule has 3 aromatic rings. The van der Waals surface area contributed by atoms with Crippen LogP contribution in [0.5, 0.6) is 5.75 Å². The highest BCUT2D eigenvalue weighted by Gasteiger charge is 2.23. The maximum atomic E-state index is 13.8. The number of hydrogen-bond acceptors (Lipinski definition) is 6. The first-order chi connectivity index (χ1) is 16.2. The number of anilines is 1. The van der Waals surface area contributed by atoms with Gasteiger partial charge in [-0.3, -0.25) is 4.79 Å². The van der Waals surface area contributed by atoms with Gasteiger partial charge in [0.15, 0.2) is 12.0 Å². The van der Waals surface area contributed by atoms with E-state index in [4.69, 9.17) is 10.00 Å². The number of carbonyl (C=O) groups excluding carboxylic acids is 1. The normalized spacial score (nSPS) is 11.6. The van der Waals surface area contributed by atoms with Crippen molar-refractivity contribution in [1.82, 2.24) is 0 Å². The molecule has 1 amide bonds. The zero-order valence-corrected chi connectivity index (χ0v) is 19.8. The largest absolute Gasteiger partial charge is 0.452 e. The highest BCUT2D eigenvalue weighted by molar-refractivity contribution is 7.15. The number of ether oxygens (including phenoxy) is 1. The standard InChI is InChI=1S/C26H25FN2O4S/c1-15(2)8-11-22(33-21-7-5-4-6-16(21)3)24(30)29-25-23(26(31)32)19(14-34-25)17-9-10-20(27)18(12-17)13-28/h4-7,9-12,14-15,26,31-32H,8H2,1-3H3,(H,29,30). The molecule has 0 fully saturated rings. The number of aliphatic hydroxyl groups excluding tert-OH is 1. The van der Waals surface area contributed by atoms with Gasteiger partial charge in [0.1, 0.15) is 22.6 Å². The summed E-state index contributed by atoms with van der Waals surface area (Å²) in [6.45, 7) is 5.91. The van der Waals surface area contributed by atoms with Gasteiger partial charge in [-0.2, -0.15) is 5.26 Å². The first-order valence-electron chi connectivity index (χ1n) is 10.6. The van der Waals surface area contributed by atoms with Gasteiger partial charge >= 0.3 is 0 Å². The number of benzene rings is 2. The molecule has 3 rings (SSSR count). The minimum absolute atomic E-state index is 0.0490. The zero-order chi connectivity index (χ0) is 24.8. The van der Waals surface area contributed by atoms with Gasteiger partial charge in [0.25, 0.3) is 5.91 Å². The molecule has 1 heterocycles. The number of aryl methyl sites for hydroxylation is 1. The van der Waals surface area contributed by atoms with Gasteiger partial charge in [-0.05, 0) is 54.7 Å². The lowest BCUT2D eigenvalue weighted by atomic mass is 10.0. The van der Waals surface area contributed by atoms with Crippen molar-refractivity contribution in [1.29, 1.82) is 5.26 Å². The number of allylic oxidation sites excluding steroid dienone is 1. The summed E-state index contributed by atoms with van der Waals surface area (Å²) in [4.78, 5) is 13.2. The molecule has 3 N–H and O–H groups in total. The Hall–Kier alpha value is -3.51. The number of nitrogens with one attached hydrogen (secondary N) is 1. The molecule has 0 aliphatic heterocycles. The third-order valence-electron chi connectivity index (χ3n) is 5.02. The van der Waals surface area contributed by atoms with Crippen LogP contribution in [0.25, 0.3) is 11.1 Å². The Labute approximate surface area is 201 Å². The maximum Gasteiger partial charge on any atom is 0.291 e. The summed E-state index contributed by atoms with van der Waals surface area (Å²) in [5.74, 6) is -0.299. The van der Waals surface area contributed by atoms with Crippen LogP contribution >= 0.6 is 11.3 Å². The third-order valence-corrected chi connectivity index (χ3v) is 5.94. The fourth-order valence-electron chi connectivity index (χ4n) is 3.20. The zero-order valence-electron chi connectivity index (χ0n) is 19.0. The molecule has 0 saturated heterocycles. The van der Waals surface area contributed by atoms with Crippen molar-refractivity contribution in [3.8, 4) is 22.9 Å². The summed E-state index contributed by atoms with van der Waals surface area (Å²) < 4.78 is 19.7. The highest BCUT2D eigenvalue weighted by atomic mass is 32.1. The molecule has 8 heteroatoms. The predicted molar refractivity (Wildman–Crippen MR) is 130 cm³/mol. The predicted octanol–water partition coefficient (Wildman–Crippen LogP) is 5.67. The smallest absolute Gasteiger partial charge is 0.291 e. The summed E-state index contributed by atoms with van der Waals surface area (Å²) in [6.07, 6.45) is 0.397. The molecule has 0 bridgehead atoms. The van der Waals surface area contributed by atoms with Crippen molar-refractivity contribution in [2.24, 2.45) is 5.92 Å². The summed E-state index contributed by atoms with van der Waals surface area (Å²) in [5.41, 5.74) is 1.54.